The van der Waals surface area contributed by atoms with Gasteiger partial charge in [0.05, 0.1) is 0 Å². The summed E-state index contributed by atoms with van der Waals surface area (Å²) >= 11 is 1.83. The van der Waals surface area contributed by atoms with Crippen LogP contribution >= 0.6 is 11.8 Å². The van der Waals surface area contributed by atoms with Gasteiger partial charge in [-0.2, -0.15) is 0 Å². The molecule has 1 fully saturated rings. The smallest absolute Gasteiger partial charge is 0.0438 e. The minimum atomic E-state index is 0.597. The van der Waals surface area contributed by atoms with Crippen LogP contribution in [-0.4, -0.2) is 31.4 Å². The van der Waals surface area contributed by atoms with Gasteiger partial charge in [0.1, 0.15) is 0 Å². The zero-order valence-electron chi connectivity index (χ0n) is 13.2. The number of benzene rings is 1. The van der Waals surface area contributed by atoms with Crippen molar-refractivity contribution in [3.05, 3.63) is 24.3 Å². The average Bonchev–Trinajstić information content (AvgIpc) is 2.47. The lowest BCUT2D eigenvalue weighted by Gasteiger charge is -2.44. The van der Waals surface area contributed by atoms with E-state index in [1.165, 1.54) is 23.4 Å². The minimum absolute atomic E-state index is 0.597. The van der Waals surface area contributed by atoms with Gasteiger partial charge in [-0.3, -0.25) is 0 Å². The molecule has 0 aliphatic carbocycles. The van der Waals surface area contributed by atoms with Gasteiger partial charge in [0.25, 0.3) is 0 Å². The zero-order valence-corrected chi connectivity index (χ0v) is 14.0. The Balaban J connectivity index is 2.21. The van der Waals surface area contributed by atoms with Crippen LogP contribution in [0.1, 0.15) is 33.6 Å². The maximum atomic E-state index is 3.73. The van der Waals surface area contributed by atoms with Crippen LogP contribution in [0.25, 0.3) is 0 Å². The predicted octanol–water partition coefficient (Wildman–Crippen LogP) is 4.01. The van der Waals surface area contributed by atoms with Gasteiger partial charge in [0.15, 0.2) is 0 Å². The van der Waals surface area contributed by atoms with Gasteiger partial charge in [-0.1, -0.05) is 33.3 Å². The maximum Gasteiger partial charge on any atom is 0.0438 e. The van der Waals surface area contributed by atoms with Gasteiger partial charge < -0.3 is 10.2 Å². The summed E-state index contributed by atoms with van der Waals surface area (Å²) in [6.45, 7) is 9.17. The molecule has 0 amide bonds. The van der Waals surface area contributed by atoms with Crippen molar-refractivity contribution in [2.75, 3.05) is 24.2 Å². The fourth-order valence-corrected chi connectivity index (χ4v) is 3.51. The Kier molecular flexibility index (Phi) is 5.79. The molecule has 0 spiro atoms. The number of thioether (sulfide) groups is 1. The lowest BCUT2D eigenvalue weighted by atomic mass is 9.96. The van der Waals surface area contributed by atoms with Crippen molar-refractivity contribution < 1.29 is 0 Å². The molecule has 1 aromatic carbocycles. The third-order valence-corrected chi connectivity index (χ3v) is 4.95. The van der Waals surface area contributed by atoms with Crippen molar-refractivity contribution in [3.63, 3.8) is 0 Å². The molecule has 2 unspecified atom stereocenters. The van der Waals surface area contributed by atoms with Crippen LogP contribution in [0.5, 0.6) is 0 Å². The van der Waals surface area contributed by atoms with Crippen LogP contribution in [-0.2, 0) is 0 Å². The molecule has 3 heteroatoms. The molecular formula is C17H28N2S. The van der Waals surface area contributed by atoms with Crippen LogP contribution in [0, 0.1) is 5.92 Å². The summed E-state index contributed by atoms with van der Waals surface area (Å²) in [6.07, 6.45) is 4.67. The van der Waals surface area contributed by atoms with Crippen LogP contribution in [0.3, 0.4) is 0 Å². The standard InChI is InChI=1S/C17H28N2S/c1-5-7-14-12-19(17(11-18-14)13(2)3)15-8-6-9-16(10-15)20-4/h6,8-10,13-14,17-18H,5,7,11-12H2,1-4H3. The average molecular weight is 292 g/mol. The summed E-state index contributed by atoms with van der Waals surface area (Å²) in [5.74, 6) is 0.669. The highest BCUT2D eigenvalue weighted by Crippen LogP contribution is 2.28. The van der Waals surface area contributed by atoms with E-state index in [4.69, 9.17) is 0 Å². The molecule has 0 aromatic heterocycles. The van der Waals surface area contributed by atoms with Gasteiger partial charge in [-0.05, 0) is 36.8 Å². The third kappa shape index (κ3) is 3.70. The molecule has 0 radical (unpaired) electrons. The Bertz CT molecular complexity index is 419. The van der Waals surface area contributed by atoms with Crippen molar-refractivity contribution in [2.24, 2.45) is 5.92 Å². The first-order valence-corrected chi connectivity index (χ1v) is 9.02. The Morgan fingerprint density at radius 3 is 2.85 bits per heavy atom. The van der Waals surface area contributed by atoms with E-state index in [1.807, 2.05) is 11.8 Å². The van der Waals surface area contributed by atoms with Gasteiger partial charge in [-0.15, -0.1) is 11.8 Å². The first-order valence-electron chi connectivity index (χ1n) is 7.79. The fourth-order valence-electron chi connectivity index (χ4n) is 3.06. The van der Waals surface area contributed by atoms with Crippen molar-refractivity contribution >= 4 is 17.4 Å². The van der Waals surface area contributed by atoms with E-state index in [0.717, 1.165) is 13.1 Å². The number of hydrogen-bond donors (Lipinski definition) is 1. The van der Waals surface area contributed by atoms with E-state index in [9.17, 15) is 0 Å². The highest BCUT2D eigenvalue weighted by Gasteiger charge is 2.29. The molecule has 112 valence electrons. The molecule has 20 heavy (non-hydrogen) atoms. The number of hydrogen-bond acceptors (Lipinski definition) is 3. The summed E-state index contributed by atoms with van der Waals surface area (Å²) in [5, 5.41) is 3.73. The summed E-state index contributed by atoms with van der Waals surface area (Å²) in [5.41, 5.74) is 1.39. The van der Waals surface area contributed by atoms with Crippen molar-refractivity contribution in [1.29, 1.82) is 0 Å². The Labute approximate surface area is 128 Å². The summed E-state index contributed by atoms with van der Waals surface area (Å²) < 4.78 is 0. The Hall–Kier alpha value is -0.670. The minimum Gasteiger partial charge on any atom is -0.365 e. The lowest BCUT2D eigenvalue weighted by molar-refractivity contribution is 0.327. The number of anilines is 1. The Morgan fingerprint density at radius 2 is 2.20 bits per heavy atom. The van der Waals surface area contributed by atoms with Crippen LogP contribution in [0.4, 0.5) is 5.69 Å². The normalized spacial score (nSPS) is 23.4. The van der Waals surface area contributed by atoms with E-state index < -0.39 is 0 Å². The number of nitrogens with one attached hydrogen (secondary N) is 1. The molecule has 1 saturated heterocycles. The quantitative estimate of drug-likeness (QED) is 0.826. The van der Waals surface area contributed by atoms with Crippen molar-refractivity contribution in [2.45, 2.75) is 50.6 Å². The maximum absolute atomic E-state index is 3.73. The molecule has 0 bridgehead atoms. The number of piperazine rings is 1. The van der Waals surface area contributed by atoms with E-state index in [-0.39, 0.29) is 0 Å². The van der Waals surface area contributed by atoms with E-state index in [1.54, 1.807) is 0 Å². The molecule has 1 aliphatic heterocycles. The fraction of sp³-hybridized carbons (Fsp3) is 0.647. The van der Waals surface area contributed by atoms with Crippen molar-refractivity contribution in [3.8, 4) is 0 Å². The highest BCUT2D eigenvalue weighted by molar-refractivity contribution is 7.98. The third-order valence-electron chi connectivity index (χ3n) is 4.22. The van der Waals surface area contributed by atoms with Gasteiger partial charge in [0.2, 0.25) is 0 Å². The molecule has 2 nitrogen and oxygen atoms in total. The second kappa shape index (κ2) is 7.37. The van der Waals surface area contributed by atoms with Gasteiger partial charge >= 0.3 is 0 Å². The lowest BCUT2D eigenvalue weighted by Crippen LogP contribution is -2.58. The first kappa shape index (κ1) is 15.7. The topological polar surface area (TPSA) is 15.3 Å². The molecule has 2 rings (SSSR count). The SMILES string of the molecule is CCCC1CN(c2cccc(SC)c2)C(C(C)C)CN1. The number of rotatable bonds is 5. The summed E-state index contributed by atoms with van der Waals surface area (Å²) in [6, 6.07) is 10.2. The Morgan fingerprint density at radius 1 is 1.40 bits per heavy atom. The molecule has 0 saturated carbocycles. The molecule has 1 aromatic rings. The molecule has 1 aliphatic rings. The second-order valence-corrected chi connectivity index (χ2v) is 6.94. The van der Waals surface area contributed by atoms with Crippen LogP contribution in [0.15, 0.2) is 29.2 Å². The predicted molar refractivity (Wildman–Crippen MR) is 90.9 cm³/mol. The van der Waals surface area contributed by atoms with E-state index in [2.05, 4.69) is 61.5 Å². The molecule has 2 atom stereocenters. The second-order valence-electron chi connectivity index (χ2n) is 6.06. The highest BCUT2D eigenvalue weighted by atomic mass is 32.2. The molecular weight excluding hydrogens is 264 g/mol. The summed E-state index contributed by atoms with van der Waals surface area (Å²) in [7, 11) is 0. The van der Waals surface area contributed by atoms with Gasteiger partial charge in [-0.25, -0.2) is 0 Å². The van der Waals surface area contributed by atoms with Crippen LogP contribution in [0.2, 0.25) is 0 Å². The van der Waals surface area contributed by atoms with E-state index in [0.29, 0.717) is 18.0 Å². The molecule has 1 N–H and O–H groups in total. The largest absolute Gasteiger partial charge is 0.365 e. The summed E-state index contributed by atoms with van der Waals surface area (Å²) in [4.78, 5) is 3.98. The number of nitrogens with zero attached hydrogens (tertiary/aromatic N) is 1. The van der Waals surface area contributed by atoms with Crippen LogP contribution < -0.4 is 10.2 Å². The monoisotopic (exact) mass is 292 g/mol. The van der Waals surface area contributed by atoms with Gasteiger partial charge in [0, 0.05) is 35.8 Å². The van der Waals surface area contributed by atoms with Crippen molar-refractivity contribution in [1.82, 2.24) is 5.32 Å². The first-order chi connectivity index (χ1) is 9.65. The van der Waals surface area contributed by atoms with E-state index >= 15 is 0 Å². The zero-order chi connectivity index (χ0) is 14.5. The molecule has 1 heterocycles.